The maximum absolute atomic E-state index is 11.4. The van der Waals surface area contributed by atoms with Gasteiger partial charge in [0.1, 0.15) is 0 Å². The van der Waals surface area contributed by atoms with Gasteiger partial charge >= 0.3 is 6.09 Å². The summed E-state index contributed by atoms with van der Waals surface area (Å²) in [7, 11) is -1.19. The van der Waals surface area contributed by atoms with Gasteiger partial charge in [0.25, 0.3) is 0 Å². The third-order valence-corrected chi connectivity index (χ3v) is 4.77. The molecule has 0 atom stereocenters. The monoisotopic (exact) mass is 225 g/mol. The van der Waals surface area contributed by atoms with Gasteiger partial charge in [-0.1, -0.05) is 31.8 Å². The Hall–Kier alpha value is -1.03. The number of hydrogen-bond acceptors (Lipinski definition) is 2. The van der Waals surface area contributed by atoms with Gasteiger partial charge in [-0.25, -0.2) is 4.79 Å². The van der Waals surface area contributed by atoms with Crippen LogP contribution in [0.5, 0.6) is 0 Å². The fraction of sp³-hybridized carbons (Fsp3) is 0.545. The van der Waals surface area contributed by atoms with Crippen LogP contribution in [0, 0.1) is 0 Å². The number of amides is 1. The third kappa shape index (κ3) is 3.23. The van der Waals surface area contributed by atoms with E-state index in [0.29, 0.717) is 12.1 Å². The molecular formula is C11H19NO2Si. The largest absolute Gasteiger partial charge is 0.449 e. The van der Waals surface area contributed by atoms with Crippen molar-refractivity contribution < 1.29 is 9.53 Å². The second-order valence-electron chi connectivity index (χ2n) is 4.68. The van der Waals surface area contributed by atoms with Crippen LogP contribution in [-0.2, 0) is 4.74 Å². The molecule has 0 saturated heterocycles. The van der Waals surface area contributed by atoms with E-state index in [1.165, 1.54) is 4.90 Å². The summed E-state index contributed by atoms with van der Waals surface area (Å²) < 4.78 is 4.90. The Morgan fingerprint density at radius 2 is 1.87 bits per heavy atom. The molecule has 0 bridgehead atoms. The summed E-state index contributed by atoms with van der Waals surface area (Å²) in [6, 6.07) is 0. The van der Waals surface area contributed by atoms with Crippen molar-refractivity contribution in [2.45, 2.75) is 32.1 Å². The van der Waals surface area contributed by atoms with Crippen LogP contribution >= 0.6 is 0 Å². The molecule has 4 heteroatoms. The molecule has 15 heavy (non-hydrogen) atoms. The predicted molar refractivity (Wildman–Crippen MR) is 64.2 cm³/mol. The number of hydrogen-bond donors (Lipinski definition) is 0. The Morgan fingerprint density at radius 3 is 2.27 bits per heavy atom. The van der Waals surface area contributed by atoms with Crippen LogP contribution in [0.2, 0.25) is 25.2 Å². The van der Waals surface area contributed by atoms with Crippen LogP contribution in [-0.4, -0.2) is 25.7 Å². The van der Waals surface area contributed by atoms with Gasteiger partial charge in [-0.05, 0) is 12.5 Å². The minimum atomic E-state index is -1.19. The van der Waals surface area contributed by atoms with Crippen molar-refractivity contribution in [1.82, 2.24) is 4.90 Å². The van der Waals surface area contributed by atoms with Crippen molar-refractivity contribution >= 4 is 14.2 Å². The van der Waals surface area contributed by atoms with E-state index in [9.17, 15) is 4.79 Å². The lowest BCUT2D eigenvalue weighted by Gasteiger charge is -2.27. The molecule has 0 aromatic carbocycles. The molecule has 1 heterocycles. The van der Waals surface area contributed by atoms with Crippen LogP contribution < -0.4 is 0 Å². The summed E-state index contributed by atoms with van der Waals surface area (Å²) in [5.74, 6) is 0. The van der Waals surface area contributed by atoms with Crippen molar-refractivity contribution in [3.8, 4) is 0 Å². The van der Waals surface area contributed by atoms with E-state index in [-0.39, 0.29) is 6.09 Å². The van der Waals surface area contributed by atoms with E-state index >= 15 is 0 Å². The summed E-state index contributed by atoms with van der Waals surface area (Å²) in [5, 5.41) is 0. The van der Waals surface area contributed by atoms with E-state index < -0.39 is 8.07 Å². The van der Waals surface area contributed by atoms with Crippen LogP contribution in [0.25, 0.3) is 0 Å². The van der Waals surface area contributed by atoms with E-state index in [1.54, 1.807) is 19.3 Å². The smallest absolute Gasteiger partial charge is 0.417 e. The Balaban J connectivity index is 2.60. The highest BCUT2D eigenvalue weighted by Crippen LogP contribution is 2.27. The quantitative estimate of drug-likeness (QED) is 0.675. The zero-order valence-electron chi connectivity index (χ0n) is 9.86. The van der Waals surface area contributed by atoms with Gasteiger partial charge in [-0.15, -0.1) is 0 Å². The van der Waals surface area contributed by atoms with Gasteiger partial charge < -0.3 is 4.74 Å². The second kappa shape index (κ2) is 4.66. The molecule has 1 aliphatic rings. The molecule has 0 unspecified atom stereocenters. The molecule has 84 valence electrons. The first kappa shape index (κ1) is 12.0. The topological polar surface area (TPSA) is 29.5 Å². The van der Waals surface area contributed by atoms with Crippen molar-refractivity contribution in [3.63, 3.8) is 0 Å². The van der Waals surface area contributed by atoms with Gasteiger partial charge in [0.2, 0.25) is 0 Å². The lowest BCUT2D eigenvalue weighted by atomic mass is 10.3. The van der Waals surface area contributed by atoms with Crippen LogP contribution in [0.15, 0.2) is 24.6 Å². The molecule has 0 aromatic heterocycles. The molecule has 0 aliphatic carbocycles. The second-order valence-corrected chi connectivity index (χ2v) is 10.1. The molecule has 0 spiro atoms. The molecule has 0 fully saturated rings. The molecule has 0 saturated carbocycles. The highest BCUT2D eigenvalue weighted by molar-refractivity contribution is 6.78. The van der Waals surface area contributed by atoms with Crippen molar-refractivity contribution in [1.29, 1.82) is 0 Å². The Kier molecular flexibility index (Phi) is 3.74. The summed E-state index contributed by atoms with van der Waals surface area (Å²) in [6.45, 7) is 9.15. The van der Waals surface area contributed by atoms with Crippen LogP contribution in [0.4, 0.5) is 4.79 Å². The van der Waals surface area contributed by atoms with Crippen LogP contribution in [0.1, 0.15) is 6.92 Å². The van der Waals surface area contributed by atoms with E-state index in [0.717, 1.165) is 0 Å². The first-order chi connectivity index (χ1) is 6.95. The number of nitrogens with zero attached hydrogens (tertiary/aromatic N) is 1. The zero-order chi connectivity index (χ0) is 11.5. The molecule has 0 aromatic rings. The van der Waals surface area contributed by atoms with Crippen LogP contribution in [0.3, 0.4) is 0 Å². The van der Waals surface area contributed by atoms with Gasteiger partial charge in [0.15, 0.2) is 0 Å². The third-order valence-electron chi connectivity index (χ3n) is 2.39. The van der Waals surface area contributed by atoms with Gasteiger partial charge in [0.05, 0.1) is 14.7 Å². The standard InChI is InChI=1S/C11H19NO2Si/c1-5-14-11(13)12-8-6-10(7-9-12)15(2,3)4/h6-10H,5H2,1-4H3. The Morgan fingerprint density at radius 1 is 1.33 bits per heavy atom. The number of carbonyl (C=O) groups excluding carboxylic acids is 1. The van der Waals surface area contributed by atoms with Crippen molar-refractivity contribution in [2.24, 2.45) is 0 Å². The normalized spacial score (nSPS) is 16.9. The minimum absolute atomic E-state index is 0.306. The molecule has 1 amide bonds. The zero-order valence-corrected chi connectivity index (χ0v) is 10.9. The van der Waals surface area contributed by atoms with E-state index in [1.807, 2.05) is 0 Å². The molecule has 0 N–H and O–H groups in total. The maximum atomic E-state index is 11.4. The fourth-order valence-corrected chi connectivity index (χ4v) is 2.71. The van der Waals surface area contributed by atoms with E-state index in [2.05, 4.69) is 31.8 Å². The summed E-state index contributed by atoms with van der Waals surface area (Å²) in [4.78, 5) is 12.9. The number of rotatable bonds is 2. The molecular weight excluding hydrogens is 206 g/mol. The first-order valence-corrected chi connectivity index (χ1v) is 8.84. The van der Waals surface area contributed by atoms with E-state index in [4.69, 9.17) is 4.74 Å². The van der Waals surface area contributed by atoms with Gasteiger partial charge in [-0.2, -0.15) is 0 Å². The SMILES string of the molecule is CCOC(=O)N1C=CC([Si](C)(C)C)C=C1. The van der Waals surface area contributed by atoms with Crippen molar-refractivity contribution in [2.75, 3.05) is 6.61 Å². The molecule has 3 nitrogen and oxygen atoms in total. The first-order valence-electron chi connectivity index (χ1n) is 5.27. The summed E-state index contributed by atoms with van der Waals surface area (Å²) >= 11 is 0. The van der Waals surface area contributed by atoms with Gasteiger partial charge in [0, 0.05) is 12.4 Å². The molecule has 0 radical (unpaired) electrons. The Bertz CT molecular complexity index is 277. The maximum Gasteiger partial charge on any atom is 0.417 e. The molecule has 1 rings (SSSR count). The Labute approximate surface area is 92.4 Å². The van der Waals surface area contributed by atoms with Crippen molar-refractivity contribution in [3.05, 3.63) is 24.6 Å². The summed E-state index contributed by atoms with van der Waals surface area (Å²) in [5.41, 5.74) is 0.503. The number of ether oxygens (including phenoxy) is 1. The number of carbonyl (C=O) groups is 1. The highest BCUT2D eigenvalue weighted by Gasteiger charge is 2.25. The molecule has 1 aliphatic heterocycles. The average molecular weight is 225 g/mol. The lowest BCUT2D eigenvalue weighted by Crippen LogP contribution is -2.30. The number of allylic oxidation sites excluding steroid dienone is 2. The average Bonchev–Trinajstić information content (AvgIpc) is 2.17. The fourth-order valence-electron chi connectivity index (χ4n) is 1.38. The minimum Gasteiger partial charge on any atom is -0.449 e. The predicted octanol–water partition coefficient (Wildman–Crippen LogP) is 3.19. The summed E-state index contributed by atoms with van der Waals surface area (Å²) in [6.07, 6.45) is 7.48. The van der Waals surface area contributed by atoms with Gasteiger partial charge in [-0.3, -0.25) is 4.90 Å². The highest BCUT2D eigenvalue weighted by atomic mass is 28.3. The lowest BCUT2D eigenvalue weighted by molar-refractivity contribution is 0.133.